The van der Waals surface area contributed by atoms with Crippen molar-refractivity contribution in [1.82, 2.24) is 5.32 Å². The molecule has 0 aromatic carbocycles. The zero-order valence-electron chi connectivity index (χ0n) is 56.8. The van der Waals surface area contributed by atoms with E-state index in [0.29, 0.717) is 19.3 Å². The van der Waals surface area contributed by atoms with Crippen molar-refractivity contribution in [3.8, 4) is 0 Å². The Labute approximate surface area is 536 Å². The van der Waals surface area contributed by atoms with Gasteiger partial charge in [0.1, 0.15) is 36.6 Å². The Morgan fingerprint density at radius 2 is 0.690 bits per heavy atom. The molecule has 0 aliphatic carbocycles. The number of nitrogens with one attached hydrogen (secondary N) is 1. The van der Waals surface area contributed by atoms with E-state index >= 15 is 0 Å². The van der Waals surface area contributed by atoms with Crippen molar-refractivity contribution in [3.05, 3.63) is 48.6 Å². The lowest BCUT2D eigenvalue weighted by atomic mass is 9.98. The minimum absolute atomic E-state index is 0.241. The zero-order valence-corrected chi connectivity index (χ0v) is 56.8. The van der Waals surface area contributed by atoms with E-state index in [1.54, 1.807) is 0 Å². The van der Waals surface area contributed by atoms with E-state index in [1.165, 1.54) is 270 Å². The van der Waals surface area contributed by atoms with Gasteiger partial charge in [0.25, 0.3) is 0 Å². The van der Waals surface area contributed by atoms with E-state index < -0.39 is 74.2 Å². The average Bonchev–Trinajstić information content (AvgIpc) is 1.98. The maximum atomic E-state index is 13.3. The Morgan fingerprint density at radius 1 is 0.391 bits per heavy atom. The summed E-state index contributed by atoms with van der Waals surface area (Å²) in [5.41, 5.74) is 0. The number of carbonyl (C=O) groups excluding carboxylic acids is 1. The van der Waals surface area contributed by atoms with Crippen LogP contribution in [0.5, 0.6) is 0 Å². The van der Waals surface area contributed by atoms with Crippen molar-refractivity contribution in [1.29, 1.82) is 0 Å². The minimum Gasteiger partial charge on any atom is -0.394 e. The topological polar surface area (TPSA) is 189 Å². The number of unbranched alkanes of at least 4 members (excludes halogenated alkanes) is 46. The van der Waals surface area contributed by atoms with Crippen LogP contribution in [0.25, 0.3) is 0 Å². The molecule has 1 aliphatic heterocycles. The van der Waals surface area contributed by atoms with E-state index in [0.717, 1.165) is 44.9 Å². The molecule has 1 aliphatic rings. The normalized spacial score (nSPS) is 18.9. The molecule has 512 valence electrons. The summed E-state index contributed by atoms with van der Waals surface area (Å²) >= 11 is 0. The number of allylic oxidation sites excluding steroid dienone is 8. The van der Waals surface area contributed by atoms with Crippen LogP contribution in [-0.4, -0.2) is 110 Å². The maximum Gasteiger partial charge on any atom is 0.249 e. The Balaban J connectivity index is 2.21. The third kappa shape index (κ3) is 51.3. The Kier molecular flexibility index (Phi) is 61.3. The third-order valence-corrected chi connectivity index (χ3v) is 18.1. The van der Waals surface area contributed by atoms with Gasteiger partial charge in [-0.05, 0) is 89.9 Å². The number of aliphatic hydroxyl groups excluding tert-OH is 7. The molecule has 0 radical (unpaired) electrons. The van der Waals surface area contributed by atoms with Crippen LogP contribution in [0.15, 0.2) is 48.6 Å². The quantitative estimate of drug-likeness (QED) is 0.0215. The molecule has 87 heavy (non-hydrogen) atoms. The fourth-order valence-corrected chi connectivity index (χ4v) is 12.1. The van der Waals surface area contributed by atoms with Crippen LogP contribution in [0.1, 0.15) is 361 Å². The first kappa shape index (κ1) is 83.1. The summed E-state index contributed by atoms with van der Waals surface area (Å²) in [7, 11) is 0. The van der Waals surface area contributed by atoms with Crippen LogP contribution < -0.4 is 5.32 Å². The van der Waals surface area contributed by atoms with Gasteiger partial charge in [0.2, 0.25) is 5.91 Å². The van der Waals surface area contributed by atoms with Gasteiger partial charge in [0.05, 0.1) is 25.4 Å². The van der Waals surface area contributed by atoms with Crippen LogP contribution in [0, 0.1) is 0 Å². The number of carbonyl (C=O) groups is 1. The van der Waals surface area contributed by atoms with E-state index in [9.17, 15) is 40.5 Å². The summed E-state index contributed by atoms with van der Waals surface area (Å²) in [6, 6.07) is -1.20. The lowest BCUT2D eigenvalue weighted by Crippen LogP contribution is -2.60. The van der Waals surface area contributed by atoms with Gasteiger partial charge in [-0.25, -0.2) is 0 Å². The van der Waals surface area contributed by atoms with Gasteiger partial charge in [-0.15, -0.1) is 0 Å². The predicted octanol–water partition coefficient (Wildman–Crippen LogP) is 18.7. The van der Waals surface area contributed by atoms with E-state index in [-0.39, 0.29) is 12.8 Å². The van der Waals surface area contributed by atoms with Gasteiger partial charge >= 0.3 is 0 Å². The van der Waals surface area contributed by atoms with Crippen LogP contribution in [0.4, 0.5) is 0 Å². The lowest BCUT2D eigenvalue weighted by molar-refractivity contribution is -0.303. The van der Waals surface area contributed by atoms with Crippen LogP contribution in [-0.2, 0) is 14.3 Å². The number of ether oxygens (including phenoxy) is 2. The van der Waals surface area contributed by atoms with Crippen molar-refractivity contribution in [2.24, 2.45) is 0 Å². The van der Waals surface area contributed by atoms with E-state index in [1.807, 2.05) is 0 Å². The molecule has 0 saturated carbocycles. The van der Waals surface area contributed by atoms with Gasteiger partial charge in [0, 0.05) is 0 Å². The number of hydrogen-bond donors (Lipinski definition) is 8. The molecule has 0 aromatic heterocycles. The first-order chi connectivity index (χ1) is 42.7. The fourth-order valence-electron chi connectivity index (χ4n) is 12.1. The van der Waals surface area contributed by atoms with E-state index in [2.05, 4.69) is 67.8 Å². The van der Waals surface area contributed by atoms with Gasteiger partial charge in [-0.3, -0.25) is 4.79 Å². The Morgan fingerprint density at radius 3 is 1.02 bits per heavy atom. The second kappa shape index (κ2) is 64.2. The summed E-state index contributed by atoms with van der Waals surface area (Å²) in [6.07, 6.45) is 73.6. The average molecular weight is 1230 g/mol. The molecule has 1 fully saturated rings. The van der Waals surface area contributed by atoms with Gasteiger partial charge in [-0.2, -0.15) is 0 Å². The molecule has 0 aromatic rings. The predicted molar refractivity (Wildman–Crippen MR) is 367 cm³/mol. The molecule has 9 unspecified atom stereocenters. The first-order valence-corrected chi connectivity index (χ1v) is 37.5. The highest BCUT2D eigenvalue weighted by atomic mass is 16.7. The molecule has 11 heteroatoms. The van der Waals surface area contributed by atoms with Crippen molar-refractivity contribution in [2.45, 2.75) is 416 Å². The number of rotatable bonds is 66. The van der Waals surface area contributed by atoms with Crippen LogP contribution >= 0.6 is 0 Å². The fraction of sp³-hybridized carbons (Fsp3) is 0.882. The van der Waals surface area contributed by atoms with E-state index in [4.69, 9.17) is 9.47 Å². The summed E-state index contributed by atoms with van der Waals surface area (Å²) in [4.78, 5) is 13.3. The number of amides is 1. The van der Waals surface area contributed by atoms with Crippen molar-refractivity contribution in [3.63, 3.8) is 0 Å². The monoisotopic (exact) mass is 1230 g/mol. The molecule has 1 amide bonds. The molecule has 1 rings (SSSR count). The first-order valence-electron chi connectivity index (χ1n) is 37.5. The summed E-state index contributed by atoms with van der Waals surface area (Å²) in [5, 5.41) is 76.6. The SMILES string of the molecule is CCCCCCCCCCCCCC/C=C\CCCCCCCCCCCCCCCC(O)C(=O)NC(COC1OC(CO)C(O)C(O)C1O)C(O)C(O)CCC/C=C/CC/C=C/CC/C=C/CCCCCCCCCCCCCCCCCCCC. The molecule has 0 bridgehead atoms. The Bertz CT molecular complexity index is 1560. The van der Waals surface area contributed by atoms with Crippen molar-refractivity contribution < 1.29 is 50.0 Å². The minimum atomic E-state index is -1.68. The van der Waals surface area contributed by atoms with Crippen molar-refractivity contribution >= 4 is 5.91 Å². The largest absolute Gasteiger partial charge is 0.394 e. The zero-order chi connectivity index (χ0) is 63.1. The second-order valence-electron chi connectivity index (χ2n) is 26.3. The highest BCUT2D eigenvalue weighted by Gasteiger charge is 2.44. The third-order valence-electron chi connectivity index (χ3n) is 18.1. The summed E-state index contributed by atoms with van der Waals surface area (Å²) in [6.45, 7) is 3.49. The smallest absolute Gasteiger partial charge is 0.249 e. The molecular weight excluding hydrogens is 1090 g/mol. The molecule has 1 heterocycles. The summed E-state index contributed by atoms with van der Waals surface area (Å²) in [5.74, 6) is -0.708. The number of hydrogen-bond acceptors (Lipinski definition) is 10. The maximum absolute atomic E-state index is 13.3. The van der Waals surface area contributed by atoms with Crippen molar-refractivity contribution in [2.75, 3.05) is 13.2 Å². The second-order valence-corrected chi connectivity index (χ2v) is 26.3. The van der Waals surface area contributed by atoms with Crippen LogP contribution in [0.2, 0.25) is 0 Å². The molecule has 0 spiro atoms. The highest BCUT2D eigenvalue weighted by molar-refractivity contribution is 5.80. The van der Waals surface area contributed by atoms with Crippen LogP contribution in [0.3, 0.4) is 0 Å². The highest BCUT2D eigenvalue weighted by Crippen LogP contribution is 2.24. The Hall–Kier alpha value is -1.93. The molecular formula is C76H143NO10. The number of aliphatic hydroxyl groups is 7. The lowest BCUT2D eigenvalue weighted by Gasteiger charge is -2.40. The van der Waals surface area contributed by atoms with Gasteiger partial charge in [0.15, 0.2) is 6.29 Å². The van der Waals surface area contributed by atoms with Gasteiger partial charge in [-0.1, -0.05) is 319 Å². The molecule has 11 nitrogen and oxygen atoms in total. The van der Waals surface area contributed by atoms with Gasteiger partial charge < -0.3 is 50.5 Å². The molecule has 8 N–H and O–H groups in total. The summed E-state index contributed by atoms with van der Waals surface area (Å²) < 4.78 is 11.2. The molecule has 1 saturated heterocycles. The molecule has 9 atom stereocenters. The standard InChI is InChI=1S/C76H143NO10/c1-3-5-7-9-11-13-15-17-19-21-23-25-27-29-31-33-34-36-37-39-41-43-45-47-49-51-53-55-57-59-61-63-68(79)71(81)67(66-86-76-74(84)73(83)72(82)70(65-78)87-76)77-75(85)69(80)64-62-60-58-56-54-52-50-48-46-44-42-40-38-35-32-30-28-26-24-22-20-18-16-14-12-10-8-6-4-2/h30,32,39,41,47,49,55,57,67-74,76,78-84H,3-29,31,33-38,40,42-46,48,50-54,56,58-66H2,1-2H3,(H,77,85)/b32-30-,41-39+,49-47+,57-55+.